The van der Waals surface area contributed by atoms with Gasteiger partial charge in [0.2, 0.25) is 0 Å². The molecule has 2 aliphatic rings. The van der Waals surface area contributed by atoms with Crippen LogP contribution in [0.2, 0.25) is 0 Å². The fourth-order valence-corrected chi connectivity index (χ4v) is 4.40. The first kappa shape index (κ1) is 17.7. The monoisotopic (exact) mass is 354 g/mol. The van der Waals surface area contributed by atoms with Gasteiger partial charge in [0.05, 0.1) is 30.0 Å². The lowest BCUT2D eigenvalue weighted by Gasteiger charge is -2.36. The van der Waals surface area contributed by atoms with E-state index in [-0.39, 0.29) is 0 Å². The minimum Gasteiger partial charge on any atom is -0.376 e. The molecular weight excluding hydrogens is 324 g/mol. The van der Waals surface area contributed by atoms with E-state index >= 15 is 0 Å². The van der Waals surface area contributed by atoms with Crippen LogP contribution in [0.1, 0.15) is 43.9 Å². The van der Waals surface area contributed by atoms with Gasteiger partial charge in [-0.05, 0) is 50.7 Å². The van der Waals surface area contributed by atoms with Gasteiger partial charge in [-0.3, -0.25) is 4.98 Å². The molecule has 2 saturated heterocycles. The predicted molar refractivity (Wildman–Crippen MR) is 106 cm³/mol. The van der Waals surface area contributed by atoms with Crippen molar-refractivity contribution in [3.63, 3.8) is 0 Å². The van der Waals surface area contributed by atoms with E-state index in [1.807, 2.05) is 0 Å². The van der Waals surface area contributed by atoms with Crippen molar-refractivity contribution in [1.82, 2.24) is 4.98 Å². The van der Waals surface area contributed by atoms with Crippen molar-refractivity contribution in [1.29, 1.82) is 0 Å². The Morgan fingerprint density at radius 1 is 1.19 bits per heavy atom. The molecule has 2 fully saturated rings. The van der Waals surface area contributed by atoms with Gasteiger partial charge in [0.15, 0.2) is 0 Å². The zero-order valence-corrected chi connectivity index (χ0v) is 16.0. The average Bonchev–Trinajstić information content (AvgIpc) is 3.19. The largest absolute Gasteiger partial charge is 0.376 e. The highest BCUT2D eigenvalue weighted by atomic mass is 16.5. The summed E-state index contributed by atoms with van der Waals surface area (Å²) in [6.45, 7) is 8.15. The smallest absolute Gasteiger partial charge is 0.0809 e. The highest BCUT2D eigenvalue weighted by Gasteiger charge is 2.25. The quantitative estimate of drug-likeness (QED) is 0.803. The van der Waals surface area contributed by atoms with Crippen molar-refractivity contribution >= 4 is 16.6 Å². The summed E-state index contributed by atoms with van der Waals surface area (Å²) in [5.74, 6) is 0. The molecule has 0 N–H and O–H groups in total. The van der Waals surface area contributed by atoms with Gasteiger partial charge in [-0.1, -0.05) is 25.1 Å². The van der Waals surface area contributed by atoms with E-state index in [0.29, 0.717) is 12.2 Å². The molecule has 2 aromatic rings. The Morgan fingerprint density at radius 3 is 2.73 bits per heavy atom. The first-order chi connectivity index (χ1) is 12.8. The standard InChI is InChI=1S/C22H30N2O2/c1-3-19-16(2)23-21-9-5-4-8-20(21)22(19)24-12-10-17(11-13-24)26-15-18-7-6-14-25-18/h4-5,8-9,17-18H,3,6-7,10-15H2,1-2H3. The minimum absolute atomic E-state index is 0.325. The Bertz CT molecular complexity index is 747. The van der Waals surface area contributed by atoms with Crippen molar-refractivity contribution in [2.75, 3.05) is 31.2 Å². The Hall–Kier alpha value is -1.65. The van der Waals surface area contributed by atoms with Gasteiger partial charge < -0.3 is 14.4 Å². The van der Waals surface area contributed by atoms with Gasteiger partial charge in [-0.2, -0.15) is 0 Å². The number of ether oxygens (including phenoxy) is 2. The molecule has 0 saturated carbocycles. The summed E-state index contributed by atoms with van der Waals surface area (Å²) in [5, 5.41) is 1.29. The molecule has 1 aromatic heterocycles. The van der Waals surface area contributed by atoms with Crippen molar-refractivity contribution in [3.8, 4) is 0 Å². The zero-order valence-electron chi connectivity index (χ0n) is 16.0. The summed E-state index contributed by atoms with van der Waals surface area (Å²) in [6, 6.07) is 8.55. The normalized spacial score (nSPS) is 21.6. The van der Waals surface area contributed by atoms with Crippen molar-refractivity contribution < 1.29 is 9.47 Å². The van der Waals surface area contributed by atoms with Crippen LogP contribution in [0.4, 0.5) is 5.69 Å². The first-order valence-corrected chi connectivity index (χ1v) is 10.1. The fraction of sp³-hybridized carbons (Fsp3) is 0.591. The summed E-state index contributed by atoms with van der Waals surface area (Å²) < 4.78 is 11.8. The highest BCUT2D eigenvalue weighted by Crippen LogP contribution is 2.34. The van der Waals surface area contributed by atoms with Crippen LogP contribution in [0.3, 0.4) is 0 Å². The Kier molecular flexibility index (Phi) is 5.41. The number of aryl methyl sites for hydroxylation is 1. The number of hydrogen-bond acceptors (Lipinski definition) is 4. The molecule has 0 spiro atoms. The molecule has 0 bridgehead atoms. The van der Waals surface area contributed by atoms with Gasteiger partial charge in [0.1, 0.15) is 0 Å². The third-order valence-electron chi connectivity index (χ3n) is 5.82. The second-order valence-corrected chi connectivity index (χ2v) is 7.55. The summed E-state index contributed by atoms with van der Waals surface area (Å²) in [4.78, 5) is 7.38. The molecule has 0 aliphatic carbocycles. The van der Waals surface area contributed by atoms with Crippen LogP contribution in [-0.2, 0) is 15.9 Å². The third kappa shape index (κ3) is 3.58. The average molecular weight is 354 g/mol. The molecule has 1 aromatic carbocycles. The topological polar surface area (TPSA) is 34.6 Å². The summed E-state index contributed by atoms with van der Waals surface area (Å²) in [6.07, 6.45) is 6.23. The number of aromatic nitrogens is 1. The van der Waals surface area contributed by atoms with E-state index in [1.165, 1.54) is 23.1 Å². The van der Waals surface area contributed by atoms with Crippen molar-refractivity contribution in [3.05, 3.63) is 35.5 Å². The van der Waals surface area contributed by atoms with E-state index in [1.54, 1.807) is 0 Å². The molecule has 26 heavy (non-hydrogen) atoms. The van der Waals surface area contributed by atoms with Crippen molar-refractivity contribution in [2.45, 2.75) is 58.2 Å². The lowest BCUT2D eigenvalue weighted by molar-refractivity contribution is -0.0280. The van der Waals surface area contributed by atoms with Crippen LogP contribution in [0, 0.1) is 6.92 Å². The number of piperidine rings is 1. The van der Waals surface area contributed by atoms with Gasteiger partial charge in [-0.25, -0.2) is 0 Å². The Balaban J connectivity index is 1.48. The SMILES string of the molecule is CCc1c(C)nc2ccccc2c1N1CCC(OCC2CCCO2)CC1. The number of hydrogen-bond donors (Lipinski definition) is 0. The Morgan fingerprint density at radius 2 is 2.00 bits per heavy atom. The molecule has 0 amide bonds. The molecule has 0 radical (unpaired) electrons. The second-order valence-electron chi connectivity index (χ2n) is 7.55. The predicted octanol–water partition coefficient (Wildman–Crippen LogP) is 4.27. The minimum atomic E-state index is 0.325. The second kappa shape index (κ2) is 7.93. The van der Waals surface area contributed by atoms with Crippen LogP contribution in [0.25, 0.3) is 10.9 Å². The lowest BCUT2D eigenvalue weighted by Crippen LogP contribution is -2.38. The van der Waals surface area contributed by atoms with Crippen LogP contribution in [0.5, 0.6) is 0 Å². The third-order valence-corrected chi connectivity index (χ3v) is 5.82. The molecule has 1 unspecified atom stereocenters. The number of anilines is 1. The van der Waals surface area contributed by atoms with Crippen LogP contribution >= 0.6 is 0 Å². The molecule has 3 heterocycles. The van der Waals surface area contributed by atoms with Gasteiger partial charge in [0.25, 0.3) is 0 Å². The maximum absolute atomic E-state index is 6.15. The van der Waals surface area contributed by atoms with E-state index < -0.39 is 0 Å². The number of para-hydroxylation sites is 1. The summed E-state index contributed by atoms with van der Waals surface area (Å²) in [7, 11) is 0. The first-order valence-electron chi connectivity index (χ1n) is 10.1. The maximum atomic E-state index is 6.15. The van der Waals surface area contributed by atoms with E-state index in [4.69, 9.17) is 14.5 Å². The fourth-order valence-electron chi connectivity index (χ4n) is 4.40. The zero-order chi connectivity index (χ0) is 17.9. The summed E-state index contributed by atoms with van der Waals surface area (Å²) in [5.41, 5.74) is 5.06. The lowest BCUT2D eigenvalue weighted by atomic mass is 9.99. The van der Waals surface area contributed by atoms with Gasteiger partial charge in [0, 0.05) is 30.8 Å². The summed E-state index contributed by atoms with van der Waals surface area (Å²) >= 11 is 0. The maximum Gasteiger partial charge on any atom is 0.0809 e. The number of nitrogens with zero attached hydrogens (tertiary/aromatic N) is 2. The number of rotatable bonds is 5. The molecule has 4 heteroatoms. The van der Waals surface area contributed by atoms with E-state index in [9.17, 15) is 0 Å². The molecular formula is C22H30N2O2. The van der Waals surface area contributed by atoms with Gasteiger partial charge in [-0.15, -0.1) is 0 Å². The molecule has 140 valence electrons. The van der Waals surface area contributed by atoms with E-state index in [2.05, 4.69) is 43.0 Å². The Labute approximate surface area is 156 Å². The number of fused-ring (bicyclic) bond motifs is 1. The number of benzene rings is 1. The van der Waals surface area contributed by atoms with E-state index in [0.717, 1.165) is 63.2 Å². The highest BCUT2D eigenvalue weighted by molar-refractivity contribution is 5.94. The van der Waals surface area contributed by atoms with Gasteiger partial charge >= 0.3 is 0 Å². The molecule has 4 nitrogen and oxygen atoms in total. The van der Waals surface area contributed by atoms with Crippen LogP contribution in [-0.4, -0.2) is 43.5 Å². The van der Waals surface area contributed by atoms with Crippen molar-refractivity contribution in [2.24, 2.45) is 0 Å². The van der Waals surface area contributed by atoms with Crippen LogP contribution in [0.15, 0.2) is 24.3 Å². The molecule has 1 atom stereocenters. The molecule has 4 rings (SSSR count). The molecule has 2 aliphatic heterocycles. The van der Waals surface area contributed by atoms with Crippen LogP contribution < -0.4 is 4.90 Å². The number of pyridine rings is 1.